The molecule has 114 valence electrons. The molecule has 2 aromatic rings. The Morgan fingerprint density at radius 3 is 2.62 bits per heavy atom. The molecule has 0 aromatic carbocycles. The van der Waals surface area contributed by atoms with Crippen molar-refractivity contribution in [3.05, 3.63) is 39.0 Å². The molecule has 0 amide bonds. The summed E-state index contributed by atoms with van der Waals surface area (Å²) >= 11 is 6.14. The standard InChI is InChI=1S/C14H20ClN5O/c1-9(2)8-20-14(21)13(15)12(7-18-20)16-5-11-6-17-19(4)10(11)3/h6-7,9,16H,5,8H2,1-4H3. The predicted molar refractivity (Wildman–Crippen MR) is 83.6 cm³/mol. The average Bonchev–Trinajstić information content (AvgIpc) is 2.74. The summed E-state index contributed by atoms with van der Waals surface area (Å²) in [7, 11) is 1.89. The number of hydrogen-bond acceptors (Lipinski definition) is 4. The zero-order valence-electron chi connectivity index (χ0n) is 12.7. The normalized spacial score (nSPS) is 11.1. The van der Waals surface area contributed by atoms with Gasteiger partial charge in [-0.3, -0.25) is 9.48 Å². The molecule has 6 nitrogen and oxygen atoms in total. The van der Waals surface area contributed by atoms with E-state index in [4.69, 9.17) is 11.6 Å². The summed E-state index contributed by atoms with van der Waals surface area (Å²) in [6.45, 7) is 7.15. The van der Waals surface area contributed by atoms with E-state index in [1.165, 1.54) is 4.68 Å². The molecule has 0 unspecified atom stereocenters. The Balaban J connectivity index is 2.16. The van der Waals surface area contributed by atoms with Gasteiger partial charge in [0.2, 0.25) is 0 Å². The first-order valence-corrected chi connectivity index (χ1v) is 7.25. The van der Waals surface area contributed by atoms with E-state index < -0.39 is 0 Å². The lowest BCUT2D eigenvalue weighted by Crippen LogP contribution is -2.26. The van der Waals surface area contributed by atoms with Gasteiger partial charge in [-0.1, -0.05) is 25.4 Å². The monoisotopic (exact) mass is 309 g/mol. The second-order valence-electron chi connectivity index (χ2n) is 5.49. The fourth-order valence-corrected chi connectivity index (χ4v) is 2.19. The van der Waals surface area contributed by atoms with Crippen LogP contribution in [-0.2, 0) is 20.1 Å². The summed E-state index contributed by atoms with van der Waals surface area (Å²) in [6.07, 6.45) is 3.39. The Morgan fingerprint density at radius 2 is 2.05 bits per heavy atom. The van der Waals surface area contributed by atoms with Crippen molar-refractivity contribution in [2.45, 2.75) is 33.9 Å². The van der Waals surface area contributed by atoms with E-state index in [1.807, 2.05) is 27.8 Å². The van der Waals surface area contributed by atoms with Gasteiger partial charge in [0, 0.05) is 31.4 Å². The van der Waals surface area contributed by atoms with Gasteiger partial charge < -0.3 is 5.32 Å². The van der Waals surface area contributed by atoms with Crippen LogP contribution in [0.15, 0.2) is 17.2 Å². The summed E-state index contributed by atoms with van der Waals surface area (Å²) in [4.78, 5) is 12.1. The van der Waals surface area contributed by atoms with Gasteiger partial charge in [-0.25, -0.2) is 4.68 Å². The molecule has 0 saturated heterocycles. The third-order valence-electron chi connectivity index (χ3n) is 3.33. The van der Waals surface area contributed by atoms with E-state index in [0.29, 0.717) is 24.7 Å². The molecule has 2 aromatic heterocycles. The average molecular weight is 310 g/mol. The minimum atomic E-state index is -0.265. The van der Waals surface area contributed by atoms with Crippen molar-refractivity contribution in [1.29, 1.82) is 0 Å². The van der Waals surface area contributed by atoms with Gasteiger partial charge in [0.05, 0.1) is 18.1 Å². The number of hydrogen-bond donors (Lipinski definition) is 1. The largest absolute Gasteiger partial charge is 0.378 e. The van der Waals surface area contributed by atoms with Crippen molar-refractivity contribution in [3.8, 4) is 0 Å². The predicted octanol–water partition coefficient (Wildman–Crippen LogP) is 2.21. The first-order chi connectivity index (χ1) is 9.90. The van der Waals surface area contributed by atoms with Crippen molar-refractivity contribution in [2.24, 2.45) is 13.0 Å². The van der Waals surface area contributed by atoms with Crippen LogP contribution in [0.1, 0.15) is 25.1 Å². The van der Waals surface area contributed by atoms with Crippen molar-refractivity contribution < 1.29 is 0 Å². The van der Waals surface area contributed by atoms with Crippen molar-refractivity contribution >= 4 is 17.3 Å². The first-order valence-electron chi connectivity index (χ1n) is 6.87. The highest BCUT2D eigenvalue weighted by Crippen LogP contribution is 2.17. The third kappa shape index (κ3) is 3.44. The maximum Gasteiger partial charge on any atom is 0.287 e. The van der Waals surface area contributed by atoms with Crippen molar-refractivity contribution in [3.63, 3.8) is 0 Å². The van der Waals surface area contributed by atoms with Crippen LogP contribution >= 0.6 is 11.6 Å². The van der Waals surface area contributed by atoms with Crippen LogP contribution in [-0.4, -0.2) is 19.6 Å². The van der Waals surface area contributed by atoms with Gasteiger partial charge in [-0.2, -0.15) is 10.2 Å². The topological polar surface area (TPSA) is 64.7 Å². The minimum absolute atomic E-state index is 0.173. The number of aromatic nitrogens is 4. The molecule has 1 N–H and O–H groups in total. The molecule has 0 aliphatic heterocycles. The smallest absolute Gasteiger partial charge is 0.287 e. The summed E-state index contributed by atoms with van der Waals surface area (Å²) in [5, 5.41) is 11.6. The zero-order chi connectivity index (χ0) is 15.6. The Morgan fingerprint density at radius 1 is 1.33 bits per heavy atom. The van der Waals surface area contributed by atoms with Crippen LogP contribution < -0.4 is 10.9 Å². The molecule has 0 atom stereocenters. The summed E-state index contributed by atoms with van der Waals surface area (Å²) in [6, 6.07) is 0. The van der Waals surface area contributed by atoms with Gasteiger partial charge in [0.1, 0.15) is 5.02 Å². The van der Waals surface area contributed by atoms with Gasteiger partial charge >= 0.3 is 0 Å². The van der Waals surface area contributed by atoms with Gasteiger partial charge in [0.25, 0.3) is 5.56 Å². The molecule has 0 fully saturated rings. The van der Waals surface area contributed by atoms with E-state index in [-0.39, 0.29) is 10.6 Å². The van der Waals surface area contributed by atoms with Crippen LogP contribution in [0.2, 0.25) is 5.02 Å². The Hall–Kier alpha value is -1.82. The SMILES string of the molecule is Cc1c(CNc2cnn(CC(C)C)c(=O)c2Cl)cnn1C. The molecule has 2 heterocycles. The van der Waals surface area contributed by atoms with Crippen LogP contribution in [0.25, 0.3) is 0 Å². The molecular formula is C14H20ClN5O. The second-order valence-corrected chi connectivity index (χ2v) is 5.86. The Bertz CT molecular complexity index is 689. The van der Waals surface area contributed by atoms with Crippen LogP contribution in [0.4, 0.5) is 5.69 Å². The second kappa shape index (κ2) is 6.30. The fourth-order valence-electron chi connectivity index (χ4n) is 1.97. The zero-order valence-corrected chi connectivity index (χ0v) is 13.5. The maximum atomic E-state index is 12.1. The van der Waals surface area contributed by atoms with E-state index in [9.17, 15) is 4.79 Å². The fraction of sp³-hybridized carbons (Fsp3) is 0.500. The quantitative estimate of drug-likeness (QED) is 0.919. The van der Waals surface area contributed by atoms with Crippen molar-refractivity contribution in [2.75, 3.05) is 5.32 Å². The number of aryl methyl sites for hydroxylation is 1. The molecule has 0 aliphatic carbocycles. The summed E-state index contributed by atoms with van der Waals surface area (Å²) in [5.74, 6) is 0.336. The molecule has 2 rings (SSSR count). The molecular weight excluding hydrogens is 290 g/mol. The maximum absolute atomic E-state index is 12.1. The Kier molecular flexibility index (Phi) is 4.67. The van der Waals surface area contributed by atoms with E-state index >= 15 is 0 Å². The highest BCUT2D eigenvalue weighted by Gasteiger charge is 2.11. The lowest BCUT2D eigenvalue weighted by Gasteiger charge is -2.11. The third-order valence-corrected chi connectivity index (χ3v) is 3.69. The summed E-state index contributed by atoms with van der Waals surface area (Å²) in [5.41, 5.74) is 2.41. The molecule has 0 radical (unpaired) electrons. The van der Waals surface area contributed by atoms with Gasteiger partial charge in [-0.15, -0.1) is 0 Å². The number of anilines is 1. The highest BCUT2D eigenvalue weighted by molar-refractivity contribution is 6.32. The minimum Gasteiger partial charge on any atom is -0.378 e. The lowest BCUT2D eigenvalue weighted by molar-refractivity contribution is 0.464. The lowest BCUT2D eigenvalue weighted by atomic mass is 10.2. The number of rotatable bonds is 5. The Labute approximate surface area is 128 Å². The molecule has 0 spiro atoms. The van der Waals surface area contributed by atoms with Gasteiger partial charge in [-0.05, 0) is 12.8 Å². The van der Waals surface area contributed by atoms with Crippen LogP contribution in [0, 0.1) is 12.8 Å². The molecule has 21 heavy (non-hydrogen) atoms. The number of nitrogens with one attached hydrogen (secondary N) is 1. The van der Waals surface area contributed by atoms with Crippen LogP contribution in [0.5, 0.6) is 0 Å². The number of halogens is 1. The molecule has 0 saturated carbocycles. The number of nitrogens with zero attached hydrogens (tertiary/aromatic N) is 4. The molecule has 0 bridgehead atoms. The van der Waals surface area contributed by atoms with Crippen LogP contribution in [0.3, 0.4) is 0 Å². The van der Waals surface area contributed by atoms with E-state index in [1.54, 1.807) is 17.1 Å². The summed E-state index contributed by atoms with van der Waals surface area (Å²) < 4.78 is 3.20. The van der Waals surface area contributed by atoms with E-state index in [0.717, 1.165) is 11.3 Å². The van der Waals surface area contributed by atoms with Gasteiger partial charge in [0.15, 0.2) is 0 Å². The van der Waals surface area contributed by atoms with E-state index in [2.05, 4.69) is 15.5 Å². The first kappa shape index (κ1) is 15.6. The molecule has 0 aliphatic rings. The van der Waals surface area contributed by atoms with Crippen molar-refractivity contribution in [1.82, 2.24) is 19.6 Å². The highest BCUT2D eigenvalue weighted by atomic mass is 35.5. The molecule has 7 heteroatoms.